The lowest BCUT2D eigenvalue weighted by atomic mass is 10.1. The van der Waals surface area contributed by atoms with E-state index >= 15 is 0 Å². The predicted molar refractivity (Wildman–Crippen MR) is 80.1 cm³/mol. The summed E-state index contributed by atoms with van der Waals surface area (Å²) < 4.78 is 22.0. The van der Waals surface area contributed by atoms with Crippen LogP contribution in [0.2, 0.25) is 0 Å². The first kappa shape index (κ1) is 13.6. The van der Waals surface area contributed by atoms with E-state index in [4.69, 9.17) is 0 Å². The average molecular weight is 275 g/mol. The first-order valence-electron chi connectivity index (χ1n) is 6.12. The van der Waals surface area contributed by atoms with E-state index in [9.17, 15) is 8.42 Å². The van der Waals surface area contributed by atoms with Gasteiger partial charge in [-0.15, -0.1) is 0 Å². The average Bonchev–Trinajstić information content (AvgIpc) is 2.39. The van der Waals surface area contributed by atoms with Crippen LogP contribution in [0.1, 0.15) is 0 Å². The highest BCUT2D eigenvalue weighted by Crippen LogP contribution is 2.20. The third-order valence-electron chi connectivity index (χ3n) is 2.79. The first-order chi connectivity index (χ1) is 9.04. The number of benzene rings is 2. The van der Waals surface area contributed by atoms with Crippen LogP contribution in [0.5, 0.6) is 0 Å². The fourth-order valence-corrected chi connectivity index (χ4v) is 2.26. The molecule has 2 aromatic rings. The summed E-state index contributed by atoms with van der Waals surface area (Å²) in [4.78, 5) is 0. The van der Waals surface area contributed by atoms with Gasteiger partial charge in [0.1, 0.15) is 9.84 Å². The van der Waals surface area contributed by atoms with Crippen LogP contribution < -0.4 is 5.32 Å². The van der Waals surface area contributed by atoms with Crippen molar-refractivity contribution in [1.82, 2.24) is 0 Å². The van der Waals surface area contributed by atoms with Crippen LogP contribution in [0.3, 0.4) is 0 Å². The summed E-state index contributed by atoms with van der Waals surface area (Å²) in [5, 5.41) is 3.10. The third kappa shape index (κ3) is 4.41. The second-order valence-electron chi connectivity index (χ2n) is 4.50. The first-order valence-corrected chi connectivity index (χ1v) is 8.18. The highest BCUT2D eigenvalue weighted by Gasteiger charge is 2.01. The minimum atomic E-state index is -2.91. The highest BCUT2D eigenvalue weighted by molar-refractivity contribution is 7.90. The Hall–Kier alpha value is -1.81. The number of sulfone groups is 1. The number of rotatable bonds is 5. The molecule has 0 saturated heterocycles. The van der Waals surface area contributed by atoms with Crippen molar-refractivity contribution in [3.63, 3.8) is 0 Å². The van der Waals surface area contributed by atoms with Gasteiger partial charge in [0.2, 0.25) is 0 Å². The van der Waals surface area contributed by atoms with Crippen LogP contribution in [0, 0.1) is 0 Å². The molecule has 0 atom stereocenters. The third-order valence-corrected chi connectivity index (χ3v) is 3.74. The molecule has 4 heteroatoms. The molecule has 2 rings (SSSR count). The van der Waals surface area contributed by atoms with Crippen molar-refractivity contribution in [3.05, 3.63) is 54.6 Å². The largest absolute Gasteiger partial charge is 0.384 e. The van der Waals surface area contributed by atoms with E-state index in [0.29, 0.717) is 6.54 Å². The van der Waals surface area contributed by atoms with E-state index in [1.54, 1.807) is 0 Å². The van der Waals surface area contributed by atoms with Crippen molar-refractivity contribution in [2.45, 2.75) is 0 Å². The Labute approximate surface area is 114 Å². The Morgan fingerprint density at radius 3 is 2.05 bits per heavy atom. The molecule has 0 bridgehead atoms. The van der Waals surface area contributed by atoms with E-state index in [1.165, 1.54) is 11.8 Å². The van der Waals surface area contributed by atoms with Crippen LogP contribution >= 0.6 is 0 Å². The van der Waals surface area contributed by atoms with Gasteiger partial charge in [0.15, 0.2) is 0 Å². The van der Waals surface area contributed by atoms with Gasteiger partial charge in [-0.1, -0.05) is 42.5 Å². The summed E-state index contributed by atoms with van der Waals surface area (Å²) in [6.07, 6.45) is 1.24. The van der Waals surface area contributed by atoms with Gasteiger partial charge in [-0.3, -0.25) is 0 Å². The second kappa shape index (κ2) is 5.89. The molecule has 3 nitrogen and oxygen atoms in total. The summed E-state index contributed by atoms with van der Waals surface area (Å²) in [6, 6.07) is 18.1. The molecule has 0 aromatic heterocycles. The molecule has 0 heterocycles. The topological polar surface area (TPSA) is 46.2 Å². The van der Waals surface area contributed by atoms with E-state index in [1.807, 2.05) is 42.5 Å². The zero-order chi connectivity index (χ0) is 13.7. The normalized spacial score (nSPS) is 11.2. The SMILES string of the molecule is CS(=O)(=O)CCNc1ccc(-c2ccccc2)cc1. The molecular weight excluding hydrogens is 258 g/mol. The standard InChI is InChI=1S/C15H17NO2S/c1-19(17,18)12-11-16-15-9-7-14(8-10-15)13-5-3-2-4-6-13/h2-10,16H,11-12H2,1H3. The summed E-state index contributed by atoms with van der Waals surface area (Å²) in [5.74, 6) is 0.146. The van der Waals surface area contributed by atoms with Crippen LogP contribution in [-0.2, 0) is 9.84 Å². The van der Waals surface area contributed by atoms with Gasteiger partial charge in [-0.25, -0.2) is 8.42 Å². The molecule has 0 spiro atoms. The predicted octanol–water partition coefficient (Wildman–Crippen LogP) is 2.81. The van der Waals surface area contributed by atoms with Gasteiger partial charge in [-0.05, 0) is 23.3 Å². The Kier molecular flexibility index (Phi) is 4.22. The van der Waals surface area contributed by atoms with Crippen LogP contribution in [0.4, 0.5) is 5.69 Å². The maximum absolute atomic E-state index is 11.0. The molecule has 0 aliphatic rings. The molecule has 0 unspecified atom stereocenters. The van der Waals surface area contributed by atoms with Crippen molar-refractivity contribution >= 4 is 15.5 Å². The number of anilines is 1. The fourth-order valence-electron chi connectivity index (χ4n) is 1.79. The summed E-state index contributed by atoms with van der Waals surface area (Å²) >= 11 is 0. The van der Waals surface area contributed by atoms with E-state index in [0.717, 1.165) is 11.3 Å². The van der Waals surface area contributed by atoms with E-state index in [2.05, 4.69) is 17.4 Å². The molecule has 0 fully saturated rings. The molecule has 100 valence electrons. The fraction of sp³-hybridized carbons (Fsp3) is 0.200. The monoisotopic (exact) mass is 275 g/mol. The van der Waals surface area contributed by atoms with Crippen molar-refractivity contribution in [3.8, 4) is 11.1 Å². The summed E-state index contributed by atoms with van der Waals surface area (Å²) in [5.41, 5.74) is 3.25. The van der Waals surface area contributed by atoms with Gasteiger partial charge < -0.3 is 5.32 Å². The number of hydrogen-bond acceptors (Lipinski definition) is 3. The molecule has 1 N–H and O–H groups in total. The minimum absolute atomic E-state index is 0.146. The molecule has 0 amide bonds. The van der Waals surface area contributed by atoms with Crippen LogP contribution in [-0.4, -0.2) is 27.0 Å². The molecule has 0 aliphatic heterocycles. The van der Waals surface area contributed by atoms with Crippen molar-refractivity contribution in [1.29, 1.82) is 0 Å². The maximum Gasteiger partial charge on any atom is 0.149 e. The Balaban J connectivity index is 1.99. The second-order valence-corrected chi connectivity index (χ2v) is 6.76. The Morgan fingerprint density at radius 2 is 1.47 bits per heavy atom. The van der Waals surface area contributed by atoms with Gasteiger partial charge in [0.25, 0.3) is 0 Å². The van der Waals surface area contributed by atoms with Crippen LogP contribution in [0.15, 0.2) is 54.6 Å². The Bertz CT molecular complexity index is 619. The molecule has 19 heavy (non-hydrogen) atoms. The highest BCUT2D eigenvalue weighted by atomic mass is 32.2. The van der Waals surface area contributed by atoms with Crippen LogP contribution in [0.25, 0.3) is 11.1 Å². The lowest BCUT2D eigenvalue weighted by molar-refractivity contribution is 0.602. The van der Waals surface area contributed by atoms with Gasteiger partial charge in [-0.2, -0.15) is 0 Å². The lowest BCUT2D eigenvalue weighted by Crippen LogP contribution is -2.13. The zero-order valence-electron chi connectivity index (χ0n) is 10.8. The van der Waals surface area contributed by atoms with Crippen molar-refractivity contribution in [2.24, 2.45) is 0 Å². The van der Waals surface area contributed by atoms with Gasteiger partial charge >= 0.3 is 0 Å². The summed E-state index contributed by atoms with van der Waals surface area (Å²) in [6.45, 7) is 0.434. The quantitative estimate of drug-likeness (QED) is 0.912. The Morgan fingerprint density at radius 1 is 0.895 bits per heavy atom. The number of nitrogens with one attached hydrogen (secondary N) is 1. The molecule has 2 aromatic carbocycles. The van der Waals surface area contributed by atoms with Crippen molar-refractivity contribution < 1.29 is 8.42 Å². The zero-order valence-corrected chi connectivity index (χ0v) is 11.7. The molecule has 0 saturated carbocycles. The molecular formula is C15H17NO2S. The smallest absolute Gasteiger partial charge is 0.149 e. The lowest BCUT2D eigenvalue weighted by Gasteiger charge is -2.07. The van der Waals surface area contributed by atoms with Gasteiger partial charge in [0.05, 0.1) is 5.75 Å². The number of hydrogen-bond donors (Lipinski definition) is 1. The van der Waals surface area contributed by atoms with E-state index < -0.39 is 9.84 Å². The maximum atomic E-state index is 11.0. The van der Waals surface area contributed by atoms with E-state index in [-0.39, 0.29) is 5.75 Å². The minimum Gasteiger partial charge on any atom is -0.384 e. The van der Waals surface area contributed by atoms with Crippen molar-refractivity contribution in [2.75, 3.05) is 23.9 Å². The summed E-state index contributed by atoms with van der Waals surface area (Å²) in [7, 11) is -2.91. The molecule has 0 aliphatic carbocycles. The van der Waals surface area contributed by atoms with Gasteiger partial charge in [0, 0.05) is 18.5 Å². The molecule has 0 radical (unpaired) electrons.